The maximum atomic E-state index is 6.47. The highest BCUT2D eigenvalue weighted by Crippen LogP contribution is 2.22. The summed E-state index contributed by atoms with van der Waals surface area (Å²) in [7, 11) is 0. The van der Waals surface area contributed by atoms with E-state index in [1.165, 1.54) is 0 Å². The maximum Gasteiger partial charge on any atom is 0.0293 e. The molecule has 8 atom stereocenters. The van der Waals surface area contributed by atoms with Gasteiger partial charge >= 0.3 is 0 Å². The molecule has 0 heterocycles. The summed E-state index contributed by atoms with van der Waals surface area (Å²) in [4.78, 5) is 0. The van der Waals surface area contributed by atoms with Gasteiger partial charge in [0, 0.05) is 41.8 Å². The number of rotatable bonds is 0. The summed E-state index contributed by atoms with van der Waals surface area (Å²) in [5, 5.41) is 0. The predicted molar refractivity (Wildman–Crippen MR) is 107 cm³/mol. The number of nitrogens with two attached hydrogens (primary N) is 7. The van der Waals surface area contributed by atoms with Gasteiger partial charge in [0.1, 0.15) is 0 Å². The standard InChI is InChI=1S/C18H43N7/c1-11-5-13(20)8-15(22)9-14(21)7-12(19)3-4-17(24)18(2,25)10-16(23)6-11/h11-17H,3-10,19-25H2,1-2H3. The molecule has 0 amide bonds. The van der Waals surface area contributed by atoms with E-state index in [0.717, 1.165) is 44.9 Å². The smallest absolute Gasteiger partial charge is 0.0293 e. The molecule has 14 N–H and O–H groups in total. The van der Waals surface area contributed by atoms with Gasteiger partial charge in [-0.3, -0.25) is 0 Å². The average Bonchev–Trinajstić information content (AvgIpc) is 2.41. The Kier molecular flexibility index (Phi) is 9.25. The van der Waals surface area contributed by atoms with Crippen LogP contribution in [0.15, 0.2) is 0 Å². The van der Waals surface area contributed by atoms with Crippen molar-refractivity contribution in [1.29, 1.82) is 0 Å². The summed E-state index contributed by atoms with van der Waals surface area (Å²) in [5.41, 5.74) is 43.6. The summed E-state index contributed by atoms with van der Waals surface area (Å²) >= 11 is 0. The van der Waals surface area contributed by atoms with Crippen LogP contribution in [0.5, 0.6) is 0 Å². The Hall–Kier alpha value is -0.280. The van der Waals surface area contributed by atoms with E-state index < -0.39 is 5.54 Å². The Balaban J connectivity index is 2.78. The van der Waals surface area contributed by atoms with Crippen molar-refractivity contribution in [2.75, 3.05) is 0 Å². The Bertz CT molecular complexity index is 376. The lowest BCUT2D eigenvalue weighted by molar-refractivity contribution is 0.273. The average molecular weight is 358 g/mol. The van der Waals surface area contributed by atoms with E-state index in [0.29, 0.717) is 12.3 Å². The van der Waals surface area contributed by atoms with E-state index >= 15 is 0 Å². The molecule has 0 aliphatic heterocycles. The fraction of sp³-hybridized carbons (Fsp3) is 1.00. The Morgan fingerprint density at radius 3 is 1.64 bits per heavy atom. The minimum absolute atomic E-state index is 0.00330. The Labute approximate surface area is 153 Å². The zero-order valence-corrected chi connectivity index (χ0v) is 16.2. The zero-order valence-electron chi connectivity index (χ0n) is 16.2. The van der Waals surface area contributed by atoms with Crippen LogP contribution in [0.1, 0.15) is 65.2 Å². The molecular weight excluding hydrogens is 314 g/mol. The van der Waals surface area contributed by atoms with Crippen LogP contribution in [-0.2, 0) is 0 Å². The molecule has 1 rings (SSSR count). The summed E-state index contributed by atoms with van der Waals surface area (Å²) in [6.45, 7) is 4.18. The molecule has 1 aliphatic carbocycles. The van der Waals surface area contributed by atoms with Gasteiger partial charge in [-0.25, -0.2) is 0 Å². The third-order valence-electron chi connectivity index (χ3n) is 5.62. The summed E-state index contributed by atoms with van der Waals surface area (Å²) in [6, 6.07) is -0.0192. The van der Waals surface area contributed by atoms with Crippen molar-refractivity contribution in [3.05, 3.63) is 0 Å². The lowest BCUT2D eigenvalue weighted by Gasteiger charge is -2.35. The zero-order chi connectivity index (χ0) is 19.2. The van der Waals surface area contributed by atoms with Crippen LogP contribution < -0.4 is 40.1 Å². The molecule has 25 heavy (non-hydrogen) atoms. The molecule has 0 bridgehead atoms. The van der Waals surface area contributed by atoms with Crippen LogP contribution in [-0.4, -0.2) is 41.8 Å². The molecule has 0 aromatic heterocycles. The van der Waals surface area contributed by atoms with Crippen LogP contribution in [0.25, 0.3) is 0 Å². The minimum Gasteiger partial charge on any atom is -0.328 e. The van der Waals surface area contributed by atoms with Crippen molar-refractivity contribution in [3.63, 3.8) is 0 Å². The van der Waals surface area contributed by atoms with Crippen molar-refractivity contribution in [2.45, 2.75) is 107 Å². The first-order valence-electron chi connectivity index (χ1n) is 9.82. The van der Waals surface area contributed by atoms with Gasteiger partial charge in [0.05, 0.1) is 0 Å². The van der Waals surface area contributed by atoms with Gasteiger partial charge in [-0.05, 0) is 64.2 Å². The second-order valence-corrected chi connectivity index (χ2v) is 8.98. The second kappa shape index (κ2) is 10.2. The molecule has 0 saturated heterocycles. The van der Waals surface area contributed by atoms with Gasteiger partial charge in [0.2, 0.25) is 0 Å². The molecule has 150 valence electrons. The topological polar surface area (TPSA) is 182 Å². The lowest BCUT2D eigenvalue weighted by atomic mass is 9.80. The highest BCUT2D eigenvalue weighted by atomic mass is 14.9. The van der Waals surface area contributed by atoms with E-state index in [9.17, 15) is 0 Å². The van der Waals surface area contributed by atoms with E-state index in [2.05, 4.69) is 6.92 Å². The van der Waals surface area contributed by atoms with Crippen LogP contribution >= 0.6 is 0 Å². The van der Waals surface area contributed by atoms with Crippen molar-refractivity contribution in [2.24, 2.45) is 46.1 Å². The summed E-state index contributed by atoms with van der Waals surface area (Å²) in [6.07, 6.45) is 6.35. The summed E-state index contributed by atoms with van der Waals surface area (Å²) in [5.74, 6) is 0.430. The van der Waals surface area contributed by atoms with E-state index in [1.807, 2.05) is 6.92 Å². The normalized spacial score (nSPS) is 46.7. The molecule has 0 aromatic carbocycles. The van der Waals surface area contributed by atoms with Crippen molar-refractivity contribution >= 4 is 0 Å². The fourth-order valence-corrected chi connectivity index (χ4v) is 4.23. The molecule has 1 fully saturated rings. The molecular formula is C18H43N7. The molecule has 1 aliphatic rings. The van der Waals surface area contributed by atoms with Gasteiger partial charge in [0.15, 0.2) is 0 Å². The maximum absolute atomic E-state index is 6.47. The first-order valence-corrected chi connectivity index (χ1v) is 9.82. The highest BCUT2D eigenvalue weighted by molar-refractivity contribution is 4.94. The first-order chi connectivity index (χ1) is 11.5. The van der Waals surface area contributed by atoms with Crippen molar-refractivity contribution in [1.82, 2.24) is 0 Å². The van der Waals surface area contributed by atoms with Crippen LogP contribution in [0.2, 0.25) is 0 Å². The molecule has 7 heteroatoms. The Morgan fingerprint density at radius 2 is 1.08 bits per heavy atom. The molecule has 0 spiro atoms. The lowest BCUT2D eigenvalue weighted by Crippen LogP contribution is -2.56. The molecule has 0 aromatic rings. The molecule has 0 radical (unpaired) electrons. The fourth-order valence-electron chi connectivity index (χ4n) is 4.23. The predicted octanol–water partition coefficient (Wildman–Crippen LogP) is -0.562. The molecule has 8 unspecified atom stereocenters. The van der Waals surface area contributed by atoms with Gasteiger partial charge in [-0.1, -0.05) is 6.92 Å². The van der Waals surface area contributed by atoms with Crippen LogP contribution in [0, 0.1) is 5.92 Å². The van der Waals surface area contributed by atoms with Gasteiger partial charge < -0.3 is 40.1 Å². The van der Waals surface area contributed by atoms with Crippen LogP contribution in [0.3, 0.4) is 0 Å². The SMILES string of the molecule is CC1CC(N)CC(N)CC(N)CC(N)CCC(N)C(C)(N)CC(N)C1. The van der Waals surface area contributed by atoms with E-state index in [-0.39, 0.29) is 36.3 Å². The number of hydrogen-bond acceptors (Lipinski definition) is 7. The number of hydrogen-bond donors (Lipinski definition) is 7. The van der Waals surface area contributed by atoms with E-state index in [1.54, 1.807) is 0 Å². The third kappa shape index (κ3) is 8.77. The van der Waals surface area contributed by atoms with Crippen LogP contribution in [0.4, 0.5) is 0 Å². The Morgan fingerprint density at radius 1 is 0.640 bits per heavy atom. The quantitative estimate of drug-likeness (QED) is 0.303. The van der Waals surface area contributed by atoms with Gasteiger partial charge in [-0.2, -0.15) is 0 Å². The van der Waals surface area contributed by atoms with Gasteiger partial charge in [-0.15, -0.1) is 0 Å². The third-order valence-corrected chi connectivity index (χ3v) is 5.62. The molecule has 1 saturated carbocycles. The van der Waals surface area contributed by atoms with E-state index in [4.69, 9.17) is 40.1 Å². The minimum atomic E-state index is -0.498. The summed E-state index contributed by atoms with van der Waals surface area (Å²) < 4.78 is 0. The second-order valence-electron chi connectivity index (χ2n) is 8.98. The largest absolute Gasteiger partial charge is 0.328 e. The van der Waals surface area contributed by atoms with Gasteiger partial charge in [0.25, 0.3) is 0 Å². The highest BCUT2D eigenvalue weighted by Gasteiger charge is 2.30. The first kappa shape index (κ1) is 22.8. The van der Waals surface area contributed by atoms with Crippen molar-refractivity contribution in [3.8, 4) is 0 Å². The van der Waals surface area contributed by atoms with Crippen molar-refractivity contribution < 1.29 is 0 Å². The molecule has 7 nitrogen and oxygen atoms in total. The monoisotopic (exact) mass is 357 g/mol.